The lowest BCUT2D eigenvalue weighted by Gasteiger charge is -2.34. The first-order chi connectivity index (χ1) is 11.7. The molecular formula is C13H23N3O6S3. The number of hydrogen-bond donors (Lipinski definition) is 2. The Morgan fingerprint density at radius 2 is 2.12 bits per heavy atom. The van der Waals surface area contributed by atoms with Crippen LogP contribution < -0.4 is 10.5 Å². The third-order valence-electron chi connectivity index (χ3n) is 3.66. The van der Waals surface area contributed by atoms with Crippen molar-refractivity contribution in [3.63, 3.8) is 0 Å². The molecule has 0 spiro atoms. The standard InChI is InChI=1S/C13H23N3O6S3/c1-3-15-11-8-10-9-12(24(14,17)18)23-13(10)25(19,20)16(11)4-5-22-7-6-21-2/h9,11,15H,3-8H2,1-2H3,(H2,14,17,18). The molecule has 1 aliphatic heterocycles. The Morgan fingerprint density at radius 1 is 1.40 bits per heavy atom. The van der Waals surface area contributed by atoms with Crippen LogP contribution >= 0.6 is 11.3 Å². The summed E-state index contributed by atoms with van der Waals surface area (Å²) in [5.74, 6) is 0. The number of nitrogens with two attached hydrogens (primary N) is 1. The molecule has 12 heteroatoms. The van der Waals surface area contributed by atoms with Crippen molar-refractivity contribution in [2.24, 2.45) is 5.14 Å². The molecule has 2 heterocycles. The summed E-state index contributed by atoms with van der Waals surface area (Å²) in [7, 11) is -6.22. The number of ether oxygens (including phenoxy) is 2. The molecule has 25 heavy (non-hydrogen) atoms. The highest BCUT2D eigenvalue weighted by molar-refractivity contribution is 7.94. The summed E-state index contributed by atoms with van der Waals surface area (Å²) in [5, 5.41) is 8.26. The summed E-state index contributed by atoms with van der Waals surface area (Å²) in [6, 6.07) is 1.35. The normalized spacial score (nSPS) is 20.5. The molecule has 3 N–H and O–H groups in total. The fourth-order valence-corrected chi connectivity index (χ4v) is 6.86. The van der Waals surface area contributed by atoms with Gasteiger partial charge in [-0.05, 0) is 18.2 Å². The van der Waals surface area contributed by atoms with Crippen LogP contribution in [0.25, 0.3) is 0 Å². The van der Waals surface area contributed by atoms with Crippen LogP contribution in [-0.2, 0) is 35.9 Å². The van der Waals surface area contributed by atoms with Crippen molar-refractivity contribution in [1.82, 2.24) is 9.62 Å². The van der Waals surface area contributed by atoms with Crippen LogP contribution in [0.1, 0.15) is 12.5 Å². The molecule has 0 amide bonds. The van der Waals surface area contributed by atoms with Crippen molar-refractivity contribution in [1.29, 1.82) is 0 Å². The molecule has 1 unspecified atom stereocenters. The predicted molar refractivity (Wildman–Crippen MR) is 93.4 cm³/mol. The molecular weight excluding hydrogens is 390 g/mol. The topological polar surface area (TPSA) is 128 Å². The van der Waals surface area contributed by atoms with Crippen LogP contribution in [0.15, 0.2) is 14.5 Å². The van der Waals surface area contributed by atoms with Crippen LogP contribution in [0.2, 0.25) is 0 Å². The number of primary sulfonamides is 1. The van der Waals surface area contributed by atoms with Crippen molar-refractivity contribution in [2.45, 2.75) is 27.9 Å². The summed E-state index contributed by atoms with van der Waals surface area (Å²) < 4.78 is 60.4. The fraction of sp³-hybridized carbons (Fsp3) is 0.692. The van der Waals surface area contributed by atoms with E-state index in [-0.39, 0.29) is 21.6 Å². The largest absolute Gasteiger partial charge is 0.382 e. The van der Waals surface area contributed by atoms with Crippen molar-refractivity contribution in [3.8, 4) is 0 Å². The molecule has 1 aromatic rings. The van der Waals surface area contributed by atoms with Gasteiger partial charge in [0.1, 0.15) is 8.42 Å². The Hall–Kier alpha value is -0.600. The van der Waals surface area contributed by atoms with E-state index in [0.717, 1.165) is 0 Å². The number of fused-ring (bicyclic) bond motifs is 1. The Balaban J connectivity index is 2.27. The number of thiophene rings is 1. The second kappa shape index (κ2) is 8.39. The monoisotopic (exact) mass is 413 g/mol. The lowest BCUT2D eigenvalue weighted by Crippen LogP contribution is -2.53. The van der Waals surface area contributed by atoms with E-state index >= 15 is 0 Å². The minimum atomic E-state index is -3.94. The molecule has 1 aromatic heterocycles. The first-order valence-electron chi connectivity index (χ1n) is 7.69. The second-order valence-corrected chi connectivity index (χ2v) is 10.3. The van der Waals surface area contributed by atoms with Crippen molar-refractivity contribution in [3.05, 3.63) is 11.6 Å². The number of rotatable bonds is 9. The van der Waals surface area contributed by atoms with Gasteiger partial charge in [0.15, 0.2) is 0 Å². The van der Waals surface area contributed by atoms with Gasteiger partial charge in [0.2, 0.25) is 10.0 Å². The zero-order chi connectivity index (χ0) is 18.7. The quantitative estimate of drug-likeness (QED) is 0.524. The highest BCUT2D eigenvalue weighted by atomic mass is 32.3. The van der Waals surface area contributed by atoms with Gasteiger partial charge in [-0.25, -0.2) is 22.0 Å². The molecule has 0 saturated heterocycles. The van der Waals surface area contributed by atoms with Gasteiger partial charge in [-0.2, -0.15) is 4.31 Å². The molecule has 1 atom stereocenters. The Bertz CT molecular complexity index is 790. The van der Waals surface area contributed by atoms with Crippen LogP contribution in [0.3, 0.4) is 0 Å². The SMILES string of the molecule is CCNC1Cc2cc(S(N)(=O)=O)sc2S(=O)(=O)N1CCOCCOC. The number of likely N-dealkylation sites (N-methyl/N-ethyl adjacent to an activating group) is 1. The molecule has 0 aliphatic carbocycles. The Kier molecular flexibility index (Phi) is 6.95. The molecule has 0 aromatic carbocycles. The molecule has 0 fully saturated rings. The second-order valence-electron chi connectivity index (χ2n) is 5.42. The molecule has 0 bridgehead atoms. The molecule has 0 radical (unpaired) electrons. The summed E-state index contributed by atoms with van der Waals surface area (Å²) in [5.41, 5.74) is 0.469. The molecule has 1 aliphatic rings. The van der Waals surface area contributed by atoms with E-state index in [4.69, 9.17) is 14.6 Å². The van der Waals surface area contributed by atoms with E-state index in [1.54, 1.807) is 7.11 Å². The zero-order valence-corrected chi connectivity index (χ0v) is 16.5. The van der Waals surface area contributed by atoms with E-state index in [2.05, 4.69) is 5.32 Å². The molecule has 9 nitrogen and oxygen atoms in total. The van der Waals surface area contributed by atoms with Gasteiger partial charge in [-0.3, -0.25) is 0 Å². The van der Waals surface area contributed by atoms with Gasteiger partial charge in [0.05, 0.1) is 26.0 Å². The summed E-state index contributed by atoms with van der Waals surface area (Å²) in [6.45, 7) is 3.62. The maximum atomic E-state index is 12.9. The number of hydrogen-bond acceptors (Lipinski definition) is 8. The smallest absolute Gasteiger partial charge is 0.254 e. The minimum Gasteiger partial charge on any atom is -0.382 e. The Labute approximate surface area is 152 Å². The predicted octanol–water partition coefficient (Wildman–Crippen LogP) is -0.459. The lowest BCUT2D eigenvalue weighted by atomic mass is 10.2. The number of nitrogens with one attached hydrogen (secondary N) is 1. The highest BCUT2D eigenvalue weighted by Gasteiger charge is 2.40. The molecule has 2 rings (SSSR count). The van der Waals surface area contributed by atoms with E-state index in [1.165, 1.54) is 10.4 Å². The van der Waals surface area contributed by atoms with Gasteiger partial charge in [0.25, 0.3) is 10.0 Å². The maximum absolute atomic E-state index is 12.9. The maximum Gasteiger partial charge on any atom is 0.254 e. The van der Waals surface area contributed by atoms with Crippen LogP contribution in [-0.4, -0.2) is 67.3 Å². The minimum absolute atomic E-state index is 0.0302. The van der Waals surface area contributed by atoms with Gasteiger partial charge >= 0.3 is 0 Å². The fourth-order valence-electron chi connectivity index (χ4n) is 2.56. The van der Waals surface area contributed by atoms with E-state index < -0.39 is 26.2 Å². The van der Waals surface area contributed by atoms with E-state index in [9.17, 15) is 16.8 Å². The van der Waals surface area contributed by atoms with Crippen LogP contribution in [0.5, 0.6) is 0 Å². The van der Waals surface area contributed by atoms with Gasteiger partial charge in [-0.15, -0.1) is 11.3 Å². The number of sulfonamides is 2. The van der Waals surface area contributed by atoms with Crippen LogP contribution in [0, 0.1) is 0 Å². The van der Waals surface area contributed by atoms with Gasteiger partial charge < -0.3 is 14.8 Å². The van der Waals surface area contributed by atoms with Gasteiger partial charge in [0, 0.05) is 20.1 Å². The number of nitrogens with zero attached hydrogens (tertiary/aromatic N) is 1. The first kappa shape index (κ1) is 20.7. The average molecular weight is 414 g/mol. The number of methoxy groups -OCH3 is 1. The van der Waals surface area contributed by atoms with Gasteiger partial charge in [-0.1, -0.05) is 6.92 Å². The summed E-state index contributed by atoms with van der Waals surface area (Å²) in [4.78, 5) is 0. The first-order valence-corrected chi connectivity index (χ1v) is 11.5. The van der Waals surface area contributed by atoms with Crippen molar-refractivity contribution >= 4 is 31.4 Å². The third kappa shape index (κ3) is 4.77. The molecule has 0 saturated carbocycles. The van der Waals surface area contributed by atoms with E-state index in [1.807, 2.05) is 6.92 Å². The lowest BCUT2D eigenvalue weighted by molar-refractivity contribution is 0.0608. The Morgan fingerprint density at radius 3 is 2.72 bits per heavy atom. The van der Waals surface area contributed by atoms with Crippen molar-refractivity contribution in [2.75, 3.05) is 40.0 Å². The zero-order valence-electron chi connectivity index (χ0n) is 14.1. The van der Waals surface area contributed by atoms with Crippen LogP contribution in [0.4, 0.5) is 0 Å². The summed E-state index contributed by atoms with van der Waals surface area (Å²) >= 11 is 0.689. The molecule has 144 valence electrons. The highest BCUT2D eigenvalue weighted by Crippen LogP contribution is 2.37. The van der Waals surface area contributed by atoms with Crippen molar-refractivity contribution < 1.29 is 26.3 Å². The third-order valence-corrected chi connectivity index (χ3v) is 8.72. The summed E-state index contributed by atoms with van der Waals surface area (Å²) in [6.07, 6.45) is -0.0941. The average Bonchev–Trinajstić information content (AvgIpc) is 2.95. The van der Waals surface area contributed by atoms with E-state index in [0.29, 0.717) is 43.1 Å².